The van der Waals surface area contributed by atoms with E-state index in [2.05, 4.69) is 4.98 Å². The molecule has 1 aromatic heterocycles. The van der Waals surface area contributed by atoms with E-state index < -0.39 is 17.9 Å². The van der Waals surface area contributed by atoms with Crippen LogP contribution in [0.1, 0.15) is 62.7 Å². The fourth-order valence-corrected chi connectivity index (χ4v) is 4.89. The van der Waals surface area contributed by atoms with Gasteiger partial charge in [-0.3, -0.25) is 29.0 Å². The quantitative estimate of drug-likeness (QED) is 0.502. The molecule has 1 atom stereocenters. The number of hydrogen-bond acceptors (Lipinski definition) is 5. The number of carbonyl (C=O) groups is 4. The highest BCUT2D eigenvalue weighted by Crippen LogP contribution is 2.28. The van der Waals surface area contributed by atoms with E-state index in [4.69, 9.17) is 0 Å². The average Bonchev–Trinajstić information content (AvgIpc) is 3.27. The van der Waals surface area contributed by atoms with E-state index in [0.717, 1.165) is 16.3 Å². The third-order valence-electron chi connectivity index (χ3n) is 6.62. The molecule has 1 fully saturated rings. The van der Waals surface area contributed by atoms with E-state index in [9.17, 15) is 19.2 Å². The number of amides is 3. The third kappa shape index (κ3) is 4.55. The molecule has 1 saturated heterocycles. The highest BCUT2D eigenvalue weighted by atomic mass is 16.2. The van der Waals surface area contributed by atoms with Gasteiger partial charge in [-0.2, -0.15) is 0 Å². The minimum Gasteiger partial charge on any atom is -0.362 e. The molecule has 3 amide bonds. The standard InChI is InChI=1S/C26H32N4O4/c1-16(2)13-22(30-24(32)19-7-5-6-8-20(19)25(30)33)26(34)29-11-9-28(10-12-29)15-23(31)21-14-17(3)27-18(21)4/h5-8,14,16,22,27H,9-13,15H2,1-4H3. The number of hydrogen-bond donors (Lipinski definition) is 1. The predicted molar refractivity (Wildman–Crippen MR) is 128 cm³/mol. The summed E-state index contributed by atoms with van der Waals surface area (Å²) >= 11 is 0. The van der Waals surface area contributed by atoms with Gasteiger partial charge >= 0.3 is 0 Å². The lowest BCUT2D eigenvalue weighted by atomic mass is 10.0. The Morgan fingerprint density at radius 3 is 2.06 bits per heavy atom. The van der Waals surface area contributed by atoms with Crippen LogP contribution in [0.3, 0.4) is 0 Å². The van der Waals surface area contributed by atoms with Crippen molar-refractivity contribution in [3.05, 3.63) is 58.4 Å². The van der Waals surface area contributed by atoms with E-state index in [1.807, 2.05) is 38.7 Å². The first kappa shape index (κ1) is 23.9. The summed E-state index contributed by atoms with van der Waals surface area (Å²) in [6.45, 7) is 10.1. The van der Waals surface area contributed by atoms with Crippen LogP contribution in [0, 0.1) is 19.8 Å². The van der Waals surface area contributed by atoms with Crippen LogP contribution in [0.15, 0.2) is 30.3 Å². The van der Waals surface area contributed by atoms with Crippen molar-refractivity contribution in [2.45, 2.75) is 40.2 Å². The zero-order valence-corrected chi connectivity index (χ0v) is 20.3. The van der Waals surface area contributed by atoms with Crippen molar-refractivity contribution in [3.8, 4) is 0 Å². The van der Waals surface area contributed by atoms with Gasteiger partial charge in [-0.25, -0.2) is 0 Å². The van der Waals surface area contributed by atoms with Gasteiger partial charge in [-0.15, -0.1) is 0 Å². The predicted octanol–water partition coefficient (Wildman–Crippen LogP) is 2.67. The van der Waals surface area contributed by atoms with E-state index in [0.29, 0.717) is 55.8 Å². The molecular formula is C26H32N4O4. The van der Waals surface area contributed by atoms with Gasteiger partial charge in [0.25, 0.3) is 11.8 Å². The topological polar surface area (TPSA) is 93.8 Å². The monoisotopic (exact) mass is 464 g/mol. The lowest BCUT2D eigenvalue weighted by Gasteiger charge is -2.38. The number of imide groups is 1. The van der Waals surface area contributed by atoms with Crippen molar-refractivity contribution in [1.29, 1.82) is 0 Å². The molecule has 8 nitrogen and oxygen atoms in total. The Labute approximate surface area is 199 Å². The van der Waals surface area contributed by atoms with Gasteiger partial charge in [0.1, 0.15) is 6.04 Å². The van der Waals surface area contributed by atoms with Crippen molar-refractivity contribution < 1.29 is 19.2 Å². The molecule has 8 heteroatoms. The third-order valence-corrected chi connectivity index (χ3v) is 6.62. The second-order valence-electron chi connectivity index (χ2n) is 9.69. The van der Waals surface area contributed by atoms with Crippen LogP contribution in [-0.4, -0.2) is 82.0 Å². The summed E-state index contributed by atoms with van der Waals surface area (Å²) in [5, 5.41) is 0. The summed E-state index contributed by atoms with van der Waals surface area (Å²) in [4.78, 5) is 60.4. The van der Waals surface area contributed by atoms with Crippen LogP contribution in [0.5, 0.6) is 0 Å². The average molecular weight is 465 g/mol. The first-order valence-corrected chi connectivity index (χ1v) is 11.8. The number of rotatable bonds is 7. The molecule has 0 bridgehead atoms. The number of piperazine rings is 1. The number of nitrogens with zero attached hydrogens (tertiary/aromatic N) is 3. The number of ketones is 1. The zero-order valence-electron chi connectivity index (χ0n) is 20.3. The van der Waals surface area contributed by atoms with Crippen molar-refractivity contribution in [1.82, 2.24) is 19.7 Å². The van der Waals surface area contributed by atoms with Crippen LogP contribution in [0.25, 0.3) is 0 Å². The van der Waals surface area contributed by atoms with Gasteiger partial charge in [0, 0.05) is 43.1 Å². The number of benzene rings is 1. The Kier molecular flexibility index (Phi) is 6.70. The molecule has 1 N–H and O–H groups in total. The smallest absolute Gasteiger partial charge is 0.262 e. The second-order valence-corrected chi connectivity index (χ2v) is 9.69. The fourth-order valence-electron chi connectivity index (χ4n) is 4.89. The molecule has 2 aliphatic heterocycles. The maximum atomic E-state index is 13.6. The van der Waals surface area contributed by atoms with Gasteiger partial charge in [-0.1, -0.05) is 26.0 Å². The van der Waals surface area contributed by atoms with E-state index in [-0.39, 0.29) is 17.6 Å². The van der Waals surface area contributed by atoms with Gasteiger partial charge < -0.3 is 9.88 Å². The molecule has 1 aromatic carbocycles. The lowest BCUT2D eigenvalue weighted by Crippen LogP contribution is -2.56. The summed E-state index contributed by atoms with van der Waals surface area (Å²) in [5.74, 6) is -0.816. The normalized spacial score (nSPS) is 17.4. The molecule has 2 aliphatic rings. The Morgan fingerprint density at radius 2 is 1.56 bits per heavy atom. The van der Waals surface area contributed by atoms with E-state index >= 15 is 0 Å². The summed E-state index contributed by atoms with van der Waals surface area (Å²) in [7, 11) is 0. The largest absolute Gasteiger partial charge is 0.362 e. The van der Waals surface area contributed by atoms with Crippen LogP contribution in [0.2, 0.25) is 0 Å². The van der Waals surface area contributed by atoms with Gasteiger partial charge in [0.05, 0.1) is 17.7 Å². The number of carbonyl (C=O) groups excluding carboxylic acids is 4. The highest BCUT2D eigenvalue weighted by molar-refractivity contribution is 6.22. The first-order valence-electron chi connectivity index (χ1n) is 11.8. The Bertz CT molecular complexity index is 1090. The summed E-state index contributed by atoms with van der Waals surface area (Å²) in [6, 6.07) is 7.76. The number of aromatic amines is 1. The Balaban J connectivity index is 1.43. The zero-order chi connectivity index (χ0) is 24.6. The van der Waals surface area contributed by atoms with Crippen LogP contribution in [-0.2, 0) is 4.79 Å². The molecule has 0 radical (unpaired) electrons. The molecule has 180 valence electrons. The molecule has 4 rings (SSSR count). The molecular weight excluding hydrogens is 432 g/mol. The van der Waals surface area contributed by atoms with Crippen molar-refractivity contribution in [2.24, 2.45) is 5.92 Å². The minimum absolute atomic E-state index is 0.0605. The maximum Gasteiger partial charge on any atom is 0.262 e. The number of aryl methyl sites for hydroxylation is 2. The Hall–Kier alpha value is -3.26. The minimum atomic E-state index is -0.828. The van der Waals surface area contributed by atoms with E-state index in [1.54, 1.807) is 29.2 Å². The molecule has 1 unspecified atom stereocenters. The Morgan fingerprint density at radius 1 is 0.971 bits per heavy atom. The number of Topliss-reactive ketones (excluding diaryl/α,β-unsaturated/α-hetero) is 1. The molecule has 34 heavy (non-hydrogen) atoms. The maximum absolute atomic E-state index is 13.6. The van der Waals surface area contributed by atoms with Crippen molar-refractivity contribution >= 4 is 23.5 Å². The van der Waals surface area contributed by atoms with Gasteiger partial charge in [0.2, 0.25) is 5.91 Å². The molecule has 0 spiro atoms. The number of fused-ring (bicyclic) bond motifs is 1. The lowest BCUT2D eigenvalue weighted by molar-refractivity contribution is -0.137. The number of nitrogens with one attached hydrogen (secondary N) is 1. The number of aromatic nitrogens is 1. The molecule has 0 saturated carbocycles. The number of H-pyrrole nitrogens is 1. The summed E-state index contributed by atoms with van der Waals surface area (Å²) in [6.07, 6.45) is 0.412. The van der Waals surface area contributed by atoms with Crippen LogP contribution < -0.4 is 0 Å². The van der Waals surface area contributed by atoms with Crippen molar-refractivity contribution in [3.63, 3.8) is 0 Å². The van der Waals surface area contributed by atoms with E-state index in [1.165, 1.54) is 0 Å². The first-order chi connectivity index (χ1) is 16.2. The SMILES string of the molecule is Cc1cc(C(=O)CN2CCN(C(=O)C(CC(C)C)N3C(=O)c4ccccc4C3=O)CC2)c(C)[nH]1. The highest BCUT2D eigenvalue weighted by Gasteiger charge is 2.44. The summed E-state index contributed by atoms with van der Waals surface area (Å²) < 4.78 is 0. The van der Waals surface area contributed by atoms with Gasteiger partial charge in [0.15, 0.2) is 5.78 Å². The molecule has 3 heterocycles. The summed E-state index contributed by atoms with van der Waals surface area (Å²) in [5.41, 5.74) is 3.24. The second kappa shape index (κ2) is 9.54. The molecule has 0 aliphatic carbocycles. The van der Waals surface area contributed by atoms with Crippen LogP contribution >= 0.6 is 0 Å². The van der Waals surface area contributed by atoms with Crippen molar-refractivity contribution in [2.75, 3.05) is 32.7 Å². The molecule has 2 aromatic rings. The van der Waals surface area contributed by atoms with Gasteiger partial charge in [-0.05, 0) is 44.4 Å². The van der Waals surface area contributed by atoms with Crippen LogP contribution in [0.4, 0.5) is 0 Å². The fraction of sp³-hybridized carbons (Fsp3) is 0.462.